The second-order valence-corrected chi connectivity index (χ2v) is 10.3. The highest BCUT2D eigenvalue weighted by Gasteiger charge is 2.30. The summed E-state index contributed by atoms with van der Waals surface area (Å²) >= 11 is 0. The number of ether oxygens (including phenoxy) is 1. The van der Waals surface area contributed by atoms with Crippen molar-refractivity contribution in [1.29, 1.82) is 0 Å². The number of nitrogens with one attached hydrogen (secondary N) is 2. The highest BCUT2D eigenvalue weighted by atomic mass is 16.5. The molecule has 1 aromatic rings. The number of hydrogen-bond acceptors (Lipinski definition) is 9. The molecule has 1 aliphatic rings. The topological polar surface area (TPSA) is 174 Å². The van der Waals surface area contributed by atoms with Crippen LogP contribution in [0.15, 0.2) is 46.6 Å². The number of nitrogens with two attached hydrogens (primary N) is 1. The summed E-state index contributed by atoms with van der Waals surface area (Å²) in [6, 6.07) is -0.958. The fourth-order valence-electron chi connectivity index (χ4n) is 4.24. The molecule has 0 radical (unpaired) electrons. The lowest BCUT2D eigenvalue weighted by Crippen LogP contribution is -2.44. The molecule has 1 aromatic heterocycles. The van der Waals surface area contributed by atoms with Crippen LogP contribution in [-0.4, -0.2) is 65.0 Å². The van der Waals surface area contributed by atoms with Gasteiger partial charge in [0.2, 0.25) is 11.8 Å². The van der Waals surface area contributed by atoms with Crippen LogP contribution in [-0.2, 0) is 25.5 Å². The van der Waals surface area contributed by atoms with Crippen molar-refractivity contribution in [1.82, 2.24) is 15.6 Å². The Hall–Kier alpha value is -3.57. The minimum Gasteiger partial charge on any atom is -0.460 e. The van der Waals surface area contributed by atoms with Crippen LogP contribution in [0.2, 0.25) is 0 Å². The predicted octanol–water partition coefficient (Wildman–Crippen LogP) is 2.16. The monoisotopic (exact) mass is 558 g/mol. The van der Waals surface area contributed by atoms with Crippen molar-refractivity contribution < 1.29 is 33.4 Å². The van der Waals surface area contributed by atoms with E-state index in [0.717, 1.165) is 11.8 Å². The molecular formula is C29H42N4O7. The predicted molar refractivity (Wildman–Crippen MR) is 149 cm³/mol. The number of hydrogen-bond donors (Lipinski definition) is 4. The van der Waals surface area contributed by atoms with Crippen molar-refractivity contribution in [3.8, 4) is 0 Å². The number of allylic oxidation sites excluding steroid dienone is 2. The molecule has 0 aliphatic carbocycles. The van der Waals surface area contributed by atoms with E-state index in [2.05, 4.69) is 15.6 Å². The number of aliphatic hydroxyl groups excluding tert-OH is 1. The molecule has 220 valence electrons. The third-order valence-electron chi connectivity index (χ3n) is 6.32. The lowest BCUT2D eigenvalue weighted by atomic mass is 9.94. The third-order valence-corrected chi connectivity index (χ3v) is 6.32. The van der Waals surface area contributed by atoms with Gasteiger partial charge >= 0.3 is 5.97 Å². The average molecular weight is 559 g/mol. The van der Waals surface area contributed by atoms with E-state index in [1.54, 1.807) is 25.2 Å². The molecule has 4 atom stereocenters. The van der Waals surface area contributed by atoms with Gasteiger partial charge in [0.25, 0.3) is 5.91 Å². The van der Waals surface area contributed by atoms with Gasteiger partial charge in [0.15, 0.2) is 5.69 Å². The van der Waals surface area contributed by atoms with Crippen LogP contribution >= 0.6 is 0 Å². The number of esters is 1. The number of rotatable bonds is 5. The van der Waals surface area contributed by atoms with Crippen LogP contribution in [0, 0.1) is 11.8 Å². The van der Waals surface area contributed by atoms with E-state index in [9.17, 15) is 24.3 Å². The molecule has 0 saturated carbocycles. The number of cyclic esters (lactones) is 1. The number of nitrogens with zero attached hydrogens (tertiary/aromatic N) is 1. The van der Waals surface area contributed by atoms with E-state index in [1.165, 1.54) is 12.2 Å². The van der Waals surface area contributed by atoms with Crippen molar-refractivity contribution in [3.63, 3.8) is 0 Å². The summed E-state index contributed by atoms with van der Waals surface area (Å²) in [5, 5.41) is 15.7. The van der Waals surface area contributed by atoms with Gasteiger partial charge in [-0.25, -0.2) is 9.78 Å². The zero-order chi connectivity index (χ0) is 29.7. The smallest absolute Gasteiger partial charge is 0.328 e. The van der Waals surface area contributed by atoms with Gasteiger partial charge in [0, 0.05) is 18.9 Å². The molecule has 0 aromatic carbocycles. The van der Waals surface area contributed by atoms with Crippen LogP contribution in [0.5, 0.6) is 0 Å². The molecule has 11 heteroatoms. The summed E-state index contributed by atoms with van der Waals surface area (Å²) in [6.07, 6.45) is 8.82. The molecule has 2 rings (SSSR count). The summed E-state index contributed by atoms with van der Waals surface area (Å²) in [4.78, 5) is 55.0. The lowest BCUT2D eigenvalue weighted by molar-refractivity contribution is -0.156. The van der Waals surface area contributed by atoms with E-state index in [1.807, 2.05) is 20.8 Å². The second-order valence-electron chi connectivity index (χ2n) is 10.3. The van der Waals surface area contributed by atoms with Gasteiger partial charge in [-0.05, 0) is 44.7 Å². The fraction of sp³-hybridized carbons (Fsp3) is 0.552. The number of unbranched alkanes of at least 4 members (excludes halogenated alkanes) is 1. The Morgan fingerprint density at radius 1 is 1.18 bits per heavy atom. The standard InChI is InChI=1S/C29H42N4O7/c1-18(2)27-20(4)10-11-25(36)31-13-7-8-19(3)14-21(34)15-22(35)16-26-32-24(17-39-26)28(37)33-23(29(38)40-27)9-5-6-12-30/h7-8,10-11,14,17-18,20-21,23,27,34H,5-6,9,12-13,15-16,30H2,1-4H3,(H,31,36)(H,33,37)/b8-7+,11-10+,19-14+. The van der Waals surface area contributed by atoms with Crippen LogP contribution in [0.3, 0.4) is 0 Å². The van der Waals surface area contributed by atoms with E-state index < -0.39 is 30.1 Å². The Kier molecular flexibility index (Phi) is 13.5. The Labute approximate surface area is 235 Å². The quantitative estimate of drug-likeness (QED) is 0.312. The third kappa shape index (κ3) is 11.3. The van der Waals surface area contributed by atoms with Crippen molar-refractivity contribution in [2.24, 2.45) is 17.6 Å². The molecule has 40 heavy (non-hydrogen) atoms. The Balaban J connectivity index is 2.33. The van der Waals surface area contributed by atoms with Crippen LogP contribution in [0.4, 0.5) is 0 Å². The van der Waals surface area contributed by atoms with Gasteiger partial charge in [-0.1, -0.05) is 50.6 Å². The number of oxazole rings is 1. The van der Waals surface area contributed by atoms with Gasteiger partial charge in [0.1, 0.15) is 24.2 Å². The van der Waals surface area contributed by atoms with E-state index in [4.69, 9.17) is 14.9 Å². The first-order valence-corrected chi connectivity index (χ1v) is 13.7. The van der Waals surface area contributed by atoms with Crippen molar-refractivity contribution in [3.05, 3.63) is 53.8 Å². The SMILES string of the molecule is CC1=C\C(O)CC(=O)Cc2nc(co2)C(=O)NC(CCCCN)C(=O)OC(C(C)C)C(C)/C=C/C(=O)NC\C=C\1. The summed E-state index contributed by atoms with van der Waals surface area (Å²) in [5.41, 5.74) is 6.24. The maximum atomic E-state index is 13.2. The molecule has 11 nitrogen and oxygen atoms in total. The van der Waals surface area contributed by atoms with Gasteiger partial charge < -0.3 is 30.6 Å². The van der Waals surface area contributed by atoms with E-state index in [0.29, 0.717) is 25.8 Å². The molecule has 0 fully saturated rings. The van der Waals surface area contributed by atoms with Gasteiger partial charge in [0.05, 0.1) is 12.5 Å². The van der Waals surface area contributed by atoms with E-state index >= 15 is 0 Å². The maximum absolute atomic E-state index is 13.2. The molecule has 5 N–H and O–H groups in total. The van der Waals surface area contributed by atoms with Crippen molar-refractivity contribution in [2.75, 3.05) is 13.1 Å². The van der Waals surface area contributed by atoms with Gasteiger partial charge in [-0.3, -0.25) is 14.4 Å². The number of carbonyl (C=O) groups excluding carboxylic acids is 4. The minimum absolute atomic E-state index is 0.0276. The van der Waals surface area contributed by atoms with E-state index in [-0.39, 0.29) is 54.5 Å². The zero-order valence-electron chi connectivity index (χ0n) is 23.7. The van der Waals surface area contributed by atoms with Gasteiger partial charge in [-0.2, -0.15) is 0 Å². The number of ketones is 1. The number of fused-ring (bicyclic) bond motifs is 2. The number of Topliss-reactive ketones (excluding diaryl/α,β-unsaturated/α-hetero) is 1. The summed E-state index contributed by atoms with van der Waals surface area (Å²) in [7, 11) is 0. The lowest BCUT2D eigenvalue weighted by Gasteiger charge is -2.28. The van der Waals surface area contributed by atoms with Crippen molar-refractivity contribution >= 4 is 23.6 Å². The average Bonchev–Trinajstić information content (AvgIpc) is 3.35. The number of aliphatic hydroxyl groups is 1. The first-order valence-electron chi connectivity index (χ1n) is 13.7. The first-order chi connectivity index (χ1) is 19.0. The number of carbonyl (C=O) groups is 4. The minimum atomic E-state index is -1.02. The second kappa shape index (κ2) is 16.5. The summed E-state index contributed by atoms with van der Waals surface area (Å²) < 4.78 is 11.2. The zero-order valence-corrected chi connectivity index (χ0v) is 23.7. The normalized spacial score (nSPS) is 27.2. The highest BCUT2D eigenvalue weighted by molar-refractivity contribution is 5.95. The maximum Gasteiger partial charge on any atom is 0.328 e. The number of aromatic nitrogens is 1. The van der Waals surface area contributed by atoms with Crippen LogP contribution in [0.1, 0.15) is 69.8 Å². The summed E-state index contributed by atoms with van der Waals surface area (Å²) in [5.74, 6) is -2.21. The summed E-state index contributed by atoms with van der Waals surface area (Å²) in [6.45, 7) is 8.14. The van der Waals surface area contributed by atoms with Crippen LogP contribution < -0.4 is 16.4 Å². The Morgan fingerprint density at radius 2 is 1.93 bits per heavy atom. The molecule has 0 saturated heterocycles. The Bertz CT molecular complexity index is 1110. The fourth-order valence-corrected chi connectivity index (χ4v) is 4.24. The van der Waals surface area contributed by atoms with Crippen LogP contribution in [0.25, 0.3) is 0 Å². The number of amides is 2. The van der Waals surface area contributed by atoms with Crippen molar-refractivity contribution in [2.45, 2.75) is 78.0 Å². The first kappa shape index (κ1) is 32.6. The Morgan fingerprint density at radius 3 is 2.62 bits per heavy atom. The molecule has 2 heterocycles. The largest absolute Gasteiger partial charge is 0.460 e. The van der Waals surface area contributed by atoms with Gasteiger partial charge in [-0.15, -0.1) is 0 Å². The molecule has 2 bridgehead atoms. The molecule has 0 spiro atoms. The molecular weight excluding hydrogens is 516 g/mol. The highest BCUT2D eigenvalue weighted by Crippen LogP contribution is 2.20. The molecule has 4 unspecified atom stereocenters. The molecule has 1 aliphatic heterocycles. The molecule has 2 amide bonds.